The summed E-state index contributed by atoms with van der Waals surface area (Å²) in [5.41, 5.74) is -1.64. The summed E-state index contributed by atoms with van der Waals surface area (Å²) in [6.45, 7) is 21.3. The van der Waals surface area contributed by atoms with E-state index in [0.717, 1.165) is 89.9 Å². The summed E-state index contributed by atoms with van der Waals surface area (Å²) in [6.07, 6.45) is 33.0. The molecule has 0 spiro atoms. The largest absolute Gasteiger partial charge is 0.379 e. The monoisotopic (exact) mass is 869 g/mol. The van der Waals surface area contributed by atoms with Crippen LogP contribution in [0.25, 0.3) is 0 Å². The van der Waals surface area contributed by atoms with Crippen LogP contribution >= 0.6 is 0 Å². The summed E-state index contributed by atoms with van der Waals surface area (Å²) in [5, 5.41) is 0. The highest BCUT2D eigenvalue weighted by atomic mass is 16.5. The Morgan fingerprint density at radius 3 is 0.967 bits per heavy atom. The van der Waals surface area contributed by atoms with Gasteiger partial charge in [0.1, 0.15) is 11.2 Å². The molecule has 0 aromatic heterocycles. The summed E-state index contributed by atoms with van der Waals surface area (Å²) in [5.74, 6) is 0.302. The topological polar surface area (TPSA) is 89.5 Å². The van der Waals surface area contributed by atoms with E-state index in [1.807, 2.05) is 41.9 Å². The third-order valence-electron chi connectivity index (χ3n) is 12.4. The molecule has 61 heavy (non-hydrogen) atoms. The minimum absolute atomic E-state index is 0.145. The number of hydrogen-bond donors (Lipinski definition) is 0. The zero-order chi connectivity index (χ0) is 45.8. The van der Waals surface area contributed by atoms with E-state index in [0.29, 0.717) is 32.5 Å². The van der Waals surface area contributed by atoms with Crippen molar-refractivity contribution in [2.75, 3.05) is 27.4 Å². The molecule has 0 radical (unpaired) electrons. The molecular weight excluding hydrogens is 765 g/mol. The Bertz CT molecular complexity index is 932. The first-order valence-corrected chi connectivity index (χ1v) is 25.9. The Morgan fingerprint density at radius 1 is 0.393 bits per heavy atom. The Morgan fingerprint density at radius 2 is 0.672 bits per heavy atom. The highest BCUT2D eigenvalue weighted by molar-refractivity contribution is 5.86. The van der Waals surface area contributed by atoms with Gasteiger partial charge in [-0.05, 0) is 100 Å². The fourth-order valence-corrected chi connectivity index (χ4v) is 8.34. The van der Waals surface area contributed by atoms with Crippen molar-refractivity contribution in [3.63, 3.8) is 0 Å². The Labute approximate surface area is 379 Å². The molecule has 4 atom stereocenters. The molecule has 364 valence electrons. The van der Waals surface area contributed by atoms with Crippen LogP contribution in [0.4, 0.5) is 0 Å². The van der Waals surface area contributed by atoms with Crippen molar-refractivity contribution in [1.82, 2.24) is 0 Å². The van der Waals surface area contributed by atoms with Crippen molar-refractivity contribution < 1.29 is 38.0 Å². The van der Waals surface area contributed by atoms with E-state index in [2.05, 4.69) is 41.5 Å². The van der Waals surface area contributed by atoms with E-state index in [9.17, 15) is 9.59 Å². The number of rotatable bonds is 46. The van der Waals surface area contributed by atoms with Crippen LogP contribution < -0.4 is 0 Å². The molecule has 0 fully saturated rings. The molecule has 0 aliphatic carbocycles. The fraction of sp³-hybridized carbons (Fsp3) is 0.962. The second-order valence-corrected chi connectivity index (χ2v) is 19.6. The molecule has 0 aliphatic heterocycles. The van der Waals surface area contributed by atoms with Crippen molar-refractivity contribution in [1.29, 1.82) is 0 Å². The van der Waals surface area contributed by atoms with Crippen LogP contribution in [0.3, 0.4) is 0 Å². The second kappa shape index (κ2) is 38.4. The molecule has 0 saturated carbocycles. The van der Waals surface area contributed by atoms with Gasteiger partial charge in [-0.25, -0.2) is 0 Å². The van der Waals surface area contributed by atoms with Crippen molar-refractivity contribution >= 4 is 11.6 Å². The molecule has 4 unspecified atom stereocenters. The molecule has 0 N–H and O–H groups in total. The average molecular weight is 869 g/mol. The van der Waals surface area contributed by atoms with Crippen LogP contribution in [0.15, 0.2) is 0 Å². The number of ketones is 2. The molecule has 0 rings (SSSR count). The lowest BCUT2D eigenvalue weighted by Gasteiger charge is -2.28. The standard InChI is InChI=1S/C53H104O8/c1-13-15-17-19-23-29-36-46(56-11)48(60-44(3)4)38-31-25-21-27-33-40-50(54)52(7,8)58-42-35-43-59-53(9,10)51(55)41-34-28-22-26-32-39-49(61-45(5)6)47(57-12)37-30-24-20-18-16-14-2/h44-49H,13-43H2,1-12H3. The summed E-state index contributed by atoms with van der Waals surface area (Å²) < 4.78 is 36.6. The van der Waals surface area contributed by atoms with Crippen LogP contribution in [-0.4, -0.2) is 86.8 Å². The van der Waals surface area contributed by atoms with E-state index >= 15 is 0 Å². The van der Waals surface area contributed by atoms with Gasteiger partial charge in [0.05, 0.1) is 49.8 Å². The molecule has 0 aromatic rings. The Balaban J connectivity index is 4.30. The molecule has 0 heterocycles. The van der Waals surface area contributed by atoms with Crippen molar-refractivity contribution in [2.24, 2.45) is 0 Å². The van der Waals surface area contributed by atoms with Gasteiger partial charge in [-0.3, -0.25) is 9.59 Å². The summed E-state index contributed by atoms with van der Waals surface area (Å²) in [7, 11) is 3.66. The van der Waals surface area contributed by atoms with Crippen LogP contribution in [0.1, 0.15) is 255 Å². The SMILES string of the molecule is CCCCCCCCC(OC)C(CCCCCCCC(=O)C(C)(C)OCCCOC(C)(C)C(=O)CCCCCCCC(OC(C)C)C(CCCCCCCC)OC)OC(C)C. The predicted molar refractivity (Wildman–Crippen MR) is 257 cm³/mol. The van der Waals surface area contributed by atoms with Gasteiger partial charge in [-0.15, -0.1) is 0 Å². The third-order valence-corrected chi connectivity index (χ3v) is 12.4. The molecular formula is C53H104O8. The van der Waals surface area contributed by atoms with Gasteiger partial charge >= 0.3 is 0 Å². The second-order valence-electron chi connectivity index (χ2n) is 19.6. The van der Waals surface area contributed by atoms with Gasteiger partial charge in [0.15, 0.2) is 11.6 Å². The summed E-state index contributed by atoms with van der Waals surface area (Å²) in [6, 6.07) is 0. The minimum atomic E-state index is -0.820. The molecule has 0 aliphatic rings. The first kappa shape index (κ1) is 60.1. The summed E-state index contributed by atoms with van der Waals surface area (Å²) >= 11 is 0. The number of carbonyl (C=O) groups excluding carboxylic acids is 2. The molecule has 0 aromatic carbocycles. The average Bonchev–Trinajstić information content (AvgIpc) is 3.21. The van der Waals surface area contributed by atoms with Crippen molar-refractivity contribution in [2.45, 2.75) is 303 Å². The number of unbranched alkanes of at least 4 members (excludes halogenated alkanes) is 18. The maximum atomic E-state index is 13.0. The lowest BCUT2D eigenvalue weighted by atomic mass is 9.96. The smallest absolute Gasteiger partial charge is 0.164 e. The van der Waals surface area contributed by atoms with E-state index in [1.165, 1.54) is 77.0 Å². The number of hydrogen-bond acceptors (Lipinski definition) is 8. The van der Waals surface area contributed by atoms with Crippen LogP contribution in [-0.2, 0) is 38.0 Å². The van der Waals surface area contributed by atoms with E-state index in [-0.39, 0.29) is 48.2 Å². The van der Waals surface area contributed by atoms with E-state index in [4.69, 9.17) is 28.4 Å². The van der Waals surface area contributed by atoms with E-state index < -0.39 is 11.2 Å². The lowest BCUT2D eigenvalue weighted by molar-refractivity contribution is -0.144. The first-order chi connectivity index (χ1) is 29.1. The highest BCUT2D eigenvalue weighted by Gasteiger charge is 2.30. The van der Waals surface area contributed by atoms with Gasteiger partial charge in [0.2, 0.25) is 0 Å². The minimum Gasteiger partial charge on any atom is -0.379 e. The molecule has 0 bridgehead atoms. The Hall–Kier alpha value is -0.900. The van der Waals surface area contributed by atoms with Crippen LogP contribution in [0.2, 0.25) is 0 Å². The fourth-order valence-electron chi connectivity index (χ4n) is 8.34. The quantitative estimate of drug-likeness (QED) is 0.0559. The molecule has 8 nitrogen and oxygen atoms in total. The predicted octanol–water partition coefficient (Wildman–Crippen LogP) is 14.7. The van der Waals surface area contributed by atoms with Gasteiger partial charge < -0.3 is 28.4 Å². The van der Waals surface area contributed by atoms with Crippen molar-refractivity contribution in [3.8, 4) is 0 Å². The number of carbonyl (C=O) groups is 2. The molecule has 0 saturated heterocycles. The van der Waals surface area contributed by atoms with Gasteiger partial charge in [-0.1, -0.05) is 142 Å². The summed E-state index contributed by atoms with van der Waals surface area (Å²) in [4.78, 5) is 26.1. The van der Waals surface area contributed by atoms with Crippen LogP contribution in [0.5, 0.6) is 0 Å². The van der Waals surface area contributed by atoms with Gasteiger partial charge in [-0.2, -0.15) is 0 Å². The highest BCUT2D eigenvalue weighted by Crippen LogP contribution is 2.24. The van der Waals surface area contributed by atoms with E-state index in [1.54, 1.807) is 0 Å². The molecule has 8 heteroatoms. The maximum absolute atomic E-state index is 13.0. The normalized spacial score (nSPS) is 14.5. The number of Topliss-reactive ketones (excluding diaryl/α,β-unsaturated/α-hetero) is 2. The number of ether oxygens (including phenoxy) is 6. The lowest BCUT2D eigenvalue weighted by Crippen LogP contribution is -2.37. The maximum Gasteiger partial charge on any atom is 0.164 e. The Kier molecular flexibility index (Phi) is 37.8. The van der Waals surface area contributed by atoms with Crippen LogP contribution in [0, 0.1) is 0 Å². The third kappa shape index (κ3) is 32.4. The van der Waals surface area contributed by atoms with Gasteiger partial charge in [0.25, 0.3) is 0 Å². The zero-order valence-corrected chi connectivity index (χ0v) is 42.7. The van der Waals surface area contributed by atoms with Crippen molar-refractivity contribution in [3.05, 3.63) is 0 Å². The molecule has 0 amide bonds. The van der Waals surface area contributed by atoms with Gasteiger partial charge in [0, 0.05) is 27.1 Å². The number of methoxy groups -OCH3 is 2. The zero-order valence-electron chi connectivity index (χ0n) is 42.7. The first-order valence-electron chi connectivity index (χ1n) is 25.9.